The maximum absolute atomic E-state index is 13.9. The summed E-state index contributed by atoms with van der Waals surface area (Å²) in [7, 11) is 0. The highest BCUT2D eigenvalue weighted by Crippen LogP contribution is 2.30. The molecule has 0 bridgehead atoms. The third kappa shape index (κ3) is 2.49. The van der Waals surface area contributed by atoms with Crippen molar-refractivity contribution < 1.29 is 4.39 Å². The lowest BCUT2D eigenvalue weighted by Crippen LogP contribution is -2.05. The fraction of sp³-hybridized carbons (Fsp3) is 0.214. The predicted molar refractivity (Wildman–Crippen MR) is 76.6 cm³/mol. The molecule has 2 N–H and O–H groups in total. The molecule has 1 heterocycles. The summed E-state index contributed by atoms with van der Waals surface area (Å²) in [4.78, 5) is 4.41. The van der Waals surface area contributed by atoms with E-state index in [0.717, 1.165) is 5.82 Å². The molecule has 0 saturated carbocycles. The van der Waals surface area contributed by atoms with Crippen molar-refractivity contribution in [3.63, 3.8) is 0 Å². The molecule has 1 aromatic carbocycles. The van der Waals surface area contributed by atoms with Gasteiger partial charge in [0.2, 0.25) is 0 Å². The van der Waals surface area contributed by atoms with Crippen LogP contribution in [0.3, 0.4) is 0 Å². The van der Waals surface area contributed by atoms with Gasteiger partial charge in [0.1, 0.15) is 23.2 Å². The van der Waals surface area contributed by atoms with Crippen LogP contribution in [-0.4, -0.2) is 9.55 Å². The highest BCUT2D eigenvalue weighted by molar-refractivity contribution is 6.30. The number of hydrogen-bond donors (Lipinski definition) is 1. The lowest BCUT2D eigenvalue weighted by Gasteiger charge is -2.05. The Morgan fingerprint density at radius 1 is 1.53 bits per heavy atom. The number of nitrogen functional groups attached to an aromatic ring is 1. The summed E-state index contributed by atoms with van der Waals surface area (Å²) in [5, 5.41) is 0.348. The second kappa shape index (κ2) is 5.45. The zero-order valence-corrected chi connectivity index (χ0v) is 11.4. The van der Waals surface area contributed by atoms with E-state index in [-0.39, 0.29) is 0 Å². The van der Waals surface area contributed by atoms with Crippen LogP contribution in [0.4, 0.5) is 10.2 Å². The van der Waals surface area contributed by atoms with Crippen molar-refractivity contribution in [2.45, 2.75) is 19.9 Å². The monoisotopic (exact) mass is 279 g/mol. The Hall–Kier alpha value is -1.81. The molecule has 0 atom stereocenters. The zero-order chi connectivity index (χ0) is 14.0. The molecule has 100 valence electrons. The SMILES string of the molecule is C=CCn1c(CC)nc(-c2ccc(Cl)cc2F)c1N. The predicted octanol–water partition coefficient (Wildman–Crippen LogP) is 3.67. The second-order valence-electron chi connectivity index (χ2n) is 4.14. The Morgan fingerprint density at radius 2 is 2.26 bits per heavy atom. The summed E-state index contributed by atoms with van der Waals surface area (Å²) >= 11 is 5.75. The van der Waals surface area contributed by atoms with Gasteiger partial charge in [-0.1, -0.05) is 24.6 Å². The Bertz CT molecular complexity index is 619. The molecule has 0 radical (unpaired) electrons. The van der Waals surface area contributed by atoms with Crippen LogP contribution in [0.25, 0.3) is 11.3 Å². The molecule has 0 aliphatic rings. The Kier molecular flexibility index (Phi) is 3.90. The van der Waals surface area contributed by atoms with Gasteiger partial charge >= 0.3 is 0 Å². The van der Waals surface area contributed by atoms with Gasteiger partial charge in [-0.25, -0.2) is 9.37 Å². The number of nitrogens with two attached hydrogens (primary N) is 1. The quantitative estimate of drug-likeness (QED) is 0.868. The summed E-state index contributed by atoms with van der Waals surface area (Å²) < 4.78 is 15.8. The van der Waals surface area contributed by atoms with Crippen LogP contribution in [0.2, 0.25) is 5.02 Å². The summed E-state index contributed by atoms with van der Waals surface area (Å²) in [6.07, 6.45) is 2.45. The molecule has 0 fully saturated rings. The van der Waals surface area contributed by atoms with Crippen molar-refractivity contribution in [1.29, 1.82) is 0 Å². The Balaban J connectivity index is 2.59. The molecule has 0 amide bonds. The summed E-state index contributed by atoms with van der Waals surface area (Å²) in [5.41, 5.74) is 6.87. The summed E-state index contributed by atoms with van der Waals surface area (Å²) in [6, 6.07) is 4.47. The molecule has 1 aromatic heterocycles. The lowest BCUT2D eigenvalue weighted by molar-refractivity contribution is 0.631. The number of hydrogen-bond acceptors (Lipinski definition) is 2. The average Bonchev–Trinajstić information content (AvgIpc) is 2.68. The van der Waals surface area contributed by atoms with Gasteiger partial charge in [0.15, 0.2) is 0 Å². The summed E-state index contributed by atoms with van der Waals surface area (Å²) in [5.74, 6) is 0.824. The first-order valence-corrected chi connectivity index (χ1v) is 6.37. The van der Waals surface area contributed by atoms with Gasteiger partial charge in [-0.3, -0.25) is 0 Å². The van der Waals surface area contributed by atoms with Gasteiger partial charge < -0.3 is 10.3 Å². The van der Waals surface area contributed by atoms with Crippen LogP contribution >= 0.6 is 11.6 Å². The van der Waals surface area contributed by atoms with Gasteiger partial charge in [-0.2, -0.15) is 0 Å². The van der Waals surface area contributed by atoms with E-state index in [1.807, 2.05) is 11.5 Å². The van der Waals surface area contributed by atoms with Crippen LogP contribution in [-0.2, 0) is 13.0 Å². The third-order valence-corrected chi connectivity index (χ3v) is 3.14. The van der Waals surface area contributed by atoms with Gasteiger partial charge in [-0.05, 0) is 18.2 Å². The Labute approximate surface area is 116 Å². The molecule has 3 nitrogen and oxygen atoms in total. The van der Waals surface area contributed by atoms with Gasteiger partial charge in [0.05, 0.1) is 0 Å². The topological polar surface area (TPSA) is 43.8 Å². The van der Waals surface area contributed by atoms with Gasteiger partial charge in [0.25, 0.3) is 0 Å². The molecule has 0 spiro atoms. The smallest absolute Gasteiger partial charge is 0.134 e. The number of rotatable bonds is 4. The molecule has 0 unspecified atom stereocenters. The van der Waals surface area contributed by atoms with E-state index in [0.29, 0.717) is 35.1 Å². The van der Waals surface area contributed by atoms with Crippen LogP contribution < -0.4 is 5.73 Å². The second-order valence-corrected chi connectivity index (χ2v) is 4.58. The van der Waals surface area contributed by atoms with E-state index in [1.54, 1.807) is 18.2 Å². The van der Waals surface area contributed by atoms with Crippen molar-refractivity contribution in [1.82, 2.24) is 9.55 Å². The maximum Gasteiger partial charge on any atom is 0.134 e. The Morgan fingerprint density at radius 3 is 2.84 bits per heavy atom. The molecule has 0 saturated heterocycles. The molecule has 2 rings (SSSR count). The lowest BCUT2D eigenvalue weighted by atomic mass is 10.1. The van der Waals surface area contributed by atoms with Crippen molar-refractivity contribution in [2.75, 3.05) is 5.73 Å². The van der Waals surface area contributed by atoms with Gasteiger partial charge in [0, 0.05) is 23.6 Å². The highest BCUT2D eigenvalue weighted by atomic mass is 35.5. The number of aryl methyl sites for hydroxylation is 1. The number of imidazole rings is 1. The van der Waals surface area contributed by atoms with Crippen molar-refractivity contribution in [2.24, 2.45) is 0 Å². The number of aromatic nitrogens is 2. The minimum Gasteiger partial charge on any atom is -0.383 e. The van der Waals surface area contributed by atoms with E-state index < -0.39 is 5.82 Å². The van der Waals surface area contributed by atoms with E-state index in [9.17, 15) is 4.39 Å². The molecule has 0 aliphatic heterocycles. The maximum atomic E-state index is 13.9. The number of allylic oxidation sites excluding steroid dienone is 1. The third-order valence-electron chi connectivity index (χ3n) is 2.90. The number of halogens is 2. The van der Waals surface area contributed by atoms with E-state index in [4.69, 9.17) is 17.3 Å². The first-order valence-electron chi connectivity index (χ1n) is 5.99. The van der Waals surface area contributed by atoms with Gasteiger partial charge in [-0.15, -0.1) is 6.58 Å². The summed E-state index contributed by atoms with van der Waals surface area (Å²) in [6.45, 7) is 6.22. The van der Waals surface area contributed by atoms with Crippen LogP contribution in [0.15, 0.2) is 30.9 Å². The largest absolute Gasteiger partial charge is 0.383 e. The number of anilines is 1. The standard InChI is InChI=1S/C14H15ClFN3/c1-3-7-19-12(4-2)18-13(14(19)17)10-6-5-9(15)8-11(10)16/h3,5-6,8H,1,4,7,17H2,2H3. The molecule has 5 heteroatoms. The van der Waals surface area contributed by atoms with Crippen LogP contribution in [0, 0.1) is 5.82 Å². The molecule has 19 heavy (non-hydrogen) atoms. The molecule has 0 aliphatic carbocycles. The van der Waals surface area contributed by atoms with E-state index in [1.165, 1.54) is 6.07 Å². The number of nitrogens with zero attached hydrogens (tertiary/aromatic N) is 2. The normalized spacial score (nSPS) is 10.7. The van der Waals surface area contributed by atoms with Crippen LogP contribution in [0.5, 0.6) is 0 Å². The minimum absolute atomic E-state index is 0.348. The van der Waals surface area contributed by atoms with E-state index >= 15 is 0 Å². The zero-order valence-electron chi connectivity index (χ0n) is 10.7. The molecule has 2 aromatic rings. The fourth-order valence-electron chi connectivity index (χ4n) is 2.00. The number of benzene rings is 1. The van der Waals surface area contributed by atoms with Crippen molar-refractivity contribution in [3.8, 4) is 11.3 Å². The highest BCUT2D eigenvalue weighted by Gasteiger charge is 2.17. The molecular weight excluding hydrogens is 265 g/mol. The minimum atomic E-state index is -0.426. The van der Waals surface area contributed by atoms with Crippen LogP contribution in [0.1, 0.15) is 12.7 Å². The fourth-order valence-corrected chi connectivity index (χ4v) is 2.15. The van der Waals surface area contributed by atoms with Crippen molar-refractivity contribution in [3.05, 3.63) is 47.5 Å². The molecular formula is C14H15ClFN3. The first-order chi connectivity index (χ1) is 9.08. The van der Waals surface area contributed by atoms with E-state index in [2.05, 4.69) is 11.6 Å². The van der Waals surface area contributed by atoms with Crippen molar-refractivity contribution >= 4 is 17.4 Å². The first kappa shape index (κ1) is 13.6. The average molecular weight is 280 g/mol.